The minimum Gasteiger partial charge on any atom is -0.345 e. The standard InChI is InChI=1S/C10H9ClN2O4/c1-6(14)5-12-10(15)7-2-8(11)4-9(3-7)13(16)17/h2-4H,5H2,1H3,(H,12,15). The van der Waals surface area contributed by atoms with Crippen LogP contribution in [0.3, 0.4) is 0 Å². The van der Waals surface area contributed by atoms with Gasteiger partial charge in [-0.25, -0.2) is 0 Å². The summed E-state index contributed by atoms with van der Waals surface area (Å²) in [4.78, 5) is 32.1. The van der Waals surface area contributed by atoms with E-state index in [0.29, 0.717) is 0 Å². The van der Waals surface area contributed by atoms with Crippen LogP contribution in [0.5, 0.6) is 0 Å². The van der Waals surface area contributed by atoms with Crippen molar-refractivity contribution in [1.29, 1.82) is 0 Å². The van der Waals surface area contributed by atoms with Crippen LogP contribution in [0.15, 0.2) is 18.2 Å². The highest BCUT2D eigenvalue weighted by Gasteiger charge is 2.13. The highest BCUT2D eigenvalue weighted by Crippen LogP contribution is 2.20. The third-order valence-electron chi connectivity index (χ3n) is 1.85. The van der Waals surface area contributed by atoms with E-state index in [2.05, 4.69) is 5.32 Å². The second kappa shape index (κ2) is 5.40. The first-order valence-corrected chi connectivity index (χ1v) is 5.00. The van der Waals surface area contributed by atoms with Gasteiger partial charge in [0.05, 0.1) is 11.5 Å². The van der Waals surface area contributed by atoms with Gasteiger partial charge >= 0.3 is 0 Å². The highest BCUT2D eigenvalue weighted by atomic mass is 35.5. The number of rotatable bonds is 4. The van der Waals surface area contributed by atoms with Gasteiger partial charge in [-0.1, -0.05) is 11.6 Å². The predicted octanol–water partition coefficient (Wildman–Crippen LogP) is 1.57. The fourth-order valence-electron chi connectivity index (χ4n) is 1.12. The van der Waals surface area contributed by atoms with Gasteiger partial charge in [0.1, 0.15) is 5.78 Å². The lowest BCUT2D eigenvalue weighted by Crippen LogP contribution is -2.28. The van der Waals surface area contributed by atoms with Gasteiger partial charge in [0.15, 0.2) is 0 Å². The predicted molar refractivity (Wildman–Crippen MR) is 61.1 cm³/mol. The van der Waals surface area contributed by atoms with Crippen LogP contribution < -0.4 is 5.32 Å². The van der Waals surface area contributed by atoms with Gasteiger partial charge in [0, 0.05) is 22.7 Å². The first kappa shape index (κ1) is 13.1. The number of ketones is 1. The summed E-state index contributed by atoms with van der Waals surface area (Å²) in [5, 5.41) is 13.0. The maximum Gasteiger partial charge on any atom is 0.271 e. The molecule has 6 nitrogen and oxygen atoms in total. The van der Waals surface area contributed by atoms with E-state index >= 15 is 0 Å². The van der Waals surface area contributed by atoms with Gasteiger partial charge in [0.25, 0.3) is 11.6 Å². The normalized spacial score (nSPS) is 9.76. The zero-order chi connectivity index (χ0) is 13.0. The number of carbonyl (C=O) groups is 2. The molecule has 1 rings (SSSR count). The van der Waals surface area contributed by atoms with Gasteiger partial charge in [-0.15, -0.1) is 0 Å². The average molecular weight is 257 g/mol. The summed E-state index contributed by atoms with van der Waals surface area (Å²) in [6, 6.07) is 3.54. The summed E-state index contributed by atoms with van der Waals surface area (Å²) in [6.45, 7) is 1.19. The number of benzene rings is 1. The van der Waals surface area contributed by atoms with E-state index in [1.165, 1.54) is 13.0 Å². The van der Waals surface area contributed by atoms with Crippen LogP contribution in [0.25, 0.3) is 0 Å². The smallest absolute Gasteiger partial charge is 0.271 e. The summed E-state index contributed by atoms with van der Waals surface area (Å²) >= 11 is 5.65. The Morgan fingerprint density at radius 3 is 2.59 bits per heavy atom. The lowest BCUT2D eigenvalue weighted by atomic mass is 10.2. The molecule has 17 heavy (non-hydrogen) atoms. The van der Waals surface area contributed by atoms with E-state index in [9.17, 15) is 19.7 Å². The number of nitro benzene ring substituents is 1. The fourth-order valence-corrected chi connectivity index (χ4v) is 1.35. The first-order chi connectivity index (χ1) is 7.90. The zero-order valence-corrected chi connectivity index (χ0v) is 9.65. The molecule has 7 heteroatoms. The van der Waals surface area contributed by atoms with Crippen molar-refractivity contribution in [2.75, 3.05) is 6.54 Å². The SMILES string of the molecule is CC(=O)CNC(=O)c1cc(Cl)cc([N+](=O)[O-])c1. The molecule has 1 N–H and O–H groups in total. The second-order valence-corrected chi connectivity index (χ2v) is 3.78. The Hall–Kier alpha value is -1.95. The van der Waals surface area contributed by atoms with Crippen molar-refractivity contribution in [3.63, 3.8) is 0 Å². The second-order valence-electron chi connectivity index (χ2n) is 3.34. The number of hydrogen-bond acceptors (Lipinski definition) is 4. The van der Waals surface area contributed by atoms with Gasteiger partial charge in [-0.2, -0.15) is 0 Å². The molecular weight excluding hydrogens is 248 g/mol. The van der Waals surface area contributed by atoms with Crippen molar-refractivity contribution in [3.8, 4) is 0 Å². The van der Waals surface area contributed by atoms with Crippen molar-refractivity contribution < 1.29 is 14.5 Å². The lowest BCUT2D eigenvalue weighted by molar-refractivity contribution is -0.384. The van der Waals surface area contributed by atoms with Crippen LogP contribution in [-0.2, 0) is 4.79 Å². The number of carbonyl (C=O) groups excluding carboxylic acids is 2. The molecule has 0 fully saturated rings. The van der Waals surface area contributed by atoms with E-state index in [1.54, 1.807) is 0 Å². The molecular formula is C10H9ClN2O4. The fraction of sp³-hybridized carbons (Fsp3) is 0.200. The Morgan fingerprint density at radius 1 is 1.41 bits per heavy atom. The number of nitro groups is 1. The Morgan fingerprint density at radius 2 is 2.06 bits per heavy atom. The monoisotopic (exact) mass is 256 g/mol. The summed E-state index contributed by atoms with van der Waals surface area (Å²) in [6.07, 6.45) is 0. The van der Waals surface area contributed by atoms with Crippen LogP contribution in [0.2, 0.25) is 5.02 Å². The van der Waals surface area contributed by atoms with Crippen molar-refractivity contribution in [2.24, 2.45) is 0 Å². The van der Waals surface area contributed by atoms with Crippen LogP contribution in [0.4, 0.5) is 5.69 Å². The van der Waals surface area contributed by atoms with Crippen molar-refractivity contribution in [2.45, 2.75) is 6.92 Å². The van der Waals surface area contributed by atoms with Gasteiger partial charge < -0.3 is 5.32 Å². The van der Waals surface area contributed by atoms with Crippen LogP contribution in [0.1, 0.15) is 17.3 Å². The summed E-state index contributed by atoms with van der Waals surface area (Å²) in [5.41, 5.74) is -0.226. The molecule has 0 bridgehead atoms. The quantitative estimate of drug-likeness (QED) is 0.654. The molecule has 90 valence electrons. The zero-order valence-electron chi connectivity index (χ0n) is 8.90. The third kappa shape index (κ3) is 3.84. The van der Waals surface area contributed by atoms with Gasteiger partial charge in [-0.05, 0) is 13.0 Å². The number of Topliss-reactive ketones (excluding diaryl/α,β-unsaturated/α-hetero) is 1. The summed E-state index contributed by atoms with van der Waals surface area (Å²) < 4.78 is 0. The van der Waals surface area contributed by atoms with Crippen molar-refractivity contribution in [1.82, 2.24) is 5.32 Å². The van der Waals surface area contributed by atoms with Gasteiger partial charge in [0.2, 0.25) is 0 Å². The molecule has 0 saturated carbocycles. The van der Waals surface area contributed by atoms with E-state index in [4.69, 9.17) is 11.6 Å². The maximum atomic E-state index is 11.5. The van der Waals surface area contributed by atoms with E-state index in [0.717, 1.165) is 12.1 Å². The Bertz CT molecular complexity index is 487. The molecule has 0 atom stereocenters. The van der Waals surface area contributed by atoms with Crippen LogP contribution in [-0.4, -0.2) is 23.2 Å². The molecule has 0 aliphatic carbocycles. The molecule has 0 aromatic heterocycles. The molecule has 0 heterocycles. The molecule has 0 radical (unpaired) electrons. The number of hydrogen-bond donors (Lipinski definition) is 1. The molecule has 1 amide bonds. The Kier molecular flexibility index (Phi) is 4.17. The Balaban J connectivity index is 2.93. The van der Waals surface area contributed by atoms with Crippen molar-refractivity contribution >= 4 is 29.0 Å². The molecule has 1 aromatic carbocycles. The van der Waals surface area contributed by atoms with Crippen LogP contribution >= 0.6 is 11.6 Å². The highest BCUT2D eigenvalue weighted by molar-refractivity contribution is 6.31. The topological polar surface area (TPSA) is 89.3 Å². The van der Waals surface area contributed by atoms with Crippen LogP contribution in [0, 0.1) is 10.1 Å². The largest absolute Gasteiger partial charge is 0.345 e. The van der Waals surface area contributed by atoms with E-state index in [-0.39, 0.29) is 28.6 Å². The number of amides is 1. The van der Waals surface area contributed by atoms with Gasteiger partial charge in [-0.3, -0.25) is 19.7 Å². The van der Waals surface area contributed by atoms with E-state index in [1.807, 2.05) is 0 Å². The minimum absolute atomic E-state index is 0.0467. The molecule has 0 aliphatic heterocycles. The van der Waals surface area contributed by atoms with Crippen molar-refractivity contribution in [3.05, 3.63) is 38.9 Å². The number of halogens is 1. The molecule has 0 spiro atoms. The van der Waals surface area contributed by atoms with E-state index < -0.39 is 10.8 Å². The summed E-state index contributed by atoms with van der Waals surface area (Å²) in [5.74, 6) is -0.791. The Labute approximate surface area is 102 Å². The third-order valence-corrected chi connectivity index (χ3v) is 2.07. The maximum absolute atomic E-state index is 11.5. The molecule has 0 saturated heterocycles. The lowest BCUT2D eigenvalue weighted by Gasteiger charge is -2.03. The number of nitrogens with zero attached hydrogens (tertiary/aromatic N) is 1. The average Bonchev–Trinajstić information content (AvgIpc) is 2.24. The molecule has 0 aliphatic rings. The molecule has 1 aromatic rings. The minimum atomic E-state index is -0.645. The number of nitrogens with one attached hydrogen (secondary N) is 1. The summed E-state index contributed by atoms with van der Waals surface area (Å²) in [7, 11) is 0. The number of non-ortho nitro benzene ring substituents is 1. The molecule has 0 unspecified atom stereocenters. The first-order valence-electron chi connectivity index (χ1n) is 4.63.